The van der Waals surface area contributed by atoms with E-state index in [-0.39, 0.29) is 10.1 Å². The molecule has 0 aliphatic carbocycles. The second kappa shape index (κ2) is 17.3. The SMILES string of the molecule is CCCCCCCCCCCCCCCC(=O)OC(I)C1CCOCC1. The Balaban J connectivity index is 1.82. The molecule has 1 unspecified atom stereocenters. The summed E-state index contributed by atoms with van der Waals surface area (Å²) in [5, 5.41) is 0. The third kappa shape index (κ3) is 13.3. The molecule has 1 aliphatic heterocycles. The summed E-state index contributed by atoms with van der Waals surface area (Å²) in [6.45, 7) is 3.89. The molecule has 1 saturated heterocycles. The second-order valence-corrected chi connectivity index (χ2v) is 9.01. The van der Waals surface area contributed by atoms with Crippen LogP contribution in [0.4, 0.5) is 0 Å². The predicted molar refractivity (Wildman–Crippen MR) is 118 cm³/mol. The van der Waals surface area contributed by atoms with Gasteiger partial charge in [-0.15, -0.1) is 0 Å². The van der Waals surface area contributed by atoms with E-state index in [0.29, 0.717) is 12.3 Å². The Labute approximate surface area is 175 Å². The normalized spacial score (nSPS) is 16.5. The lowest BCUT2D eigenvalue weighted by Crippen LogP contribution is -2.27. The molecule has 0 aromatic heterocycles. The molecular weight excluding hydrogens is 439 g/mol. The molecule has 154 valence electrons. The highest BCUT2D eigenvalue weighted by molar-refractivity contribution is 14.1. The van der Waals surface area contributed by atoms with Crippen molar-refractivity contribution in [3.63, 3.8) is 0 Å². The van der Waals surface area contributed by atoms with Gasteiger partial charge in [-0.1, -0.05) is 84.0 Å². The Morgan fingerprint density at radius 3 is 1.85 bits per heavy atom. The van der Waals surface area contributed by atoms with Crippen molar-refractivity contribution in [3.8, 4) is 0 Å². The summed E-state index contributed by atoms with van der Waals surface area (Å²) in [5.41, 5.74) is 0. The Bertz CT molecular complexity index is 329. The predicted octanol–water partition coefficient (Wildman–Crippen LogP) is 7.20. The number of rotatable bonds is 16. The van der Waals surface area contributed by atoms with Crippen LogP contribution in [-0.4, -0.2) is 23.3 Å². The van der Waals surface area contributed by atoms with E-state index in [4.69, 9.17) is 9.47 Å². The highest BCUT2D eigenvalue weighted by Gasteiger charge is 2.24. The second-order valence-electron chi connectivity index (χ2n) is 7.78. The van der Waals surface area contributed by atoms with Gasteiger partial charge in [-0.2, -0.15) is 0 Å². The first-order valence-corrected chi connectivity index (χ1v) is 12.4. The minimum Gasteiger partial charge on any atom is -0.451 e. The number of carbonyl (C=O) groups is 1. The minimum atomic E-state index is -0.0148. The van der Waals surface area contributed by atoms with Crippen molar-refractivity contribution in [1.29, 1.82) is 0 Å². The van der Waals surface area contributed by atoms with Gasteiger partial charge in [0.15, 0.2) is 4.11 Å². The van der Waals surface area contributed by atoms with Crippen LogP contribution >= 0.6 is 22.6 Å². The number of alkyl halides is 1. The number of unbranched alkanes of at least 4 members (excludes halogenated alkanes) is 12. The fourth-order valence-corrected chi connectivity index (χ4v) is 4.55. The van der Waals surface area contributed by atoms with E-state index < -0.39 is 0 Å². The first-order chi connectivity index (χ1) is 12.7. The van der Waals surface area contributed by atoms with Crippen molar-refractivity contribution in [2.45, 2.75) is 114 Å². The van der Waals surface area contributed by atoms with Crippen LogP contribution in [0.15, 0.2) is 0 Å². The first-order valence-electron chi connectivity index (χ1n) is 11.2. The number of hydrogen-bond acceptors (Lipinski definition) is 3. The third-order valence-corrected chi connectivity index (χ3v) is 6.64. The topological polar surface area (TPSA) is 35.5 Å². The van der Waals surface area contributed by atoms with Gasteiger partial charge >= 0.3 is 5.97 Å². The summed E-state index contributed by atoms with van der Waals surface area (Å²) in [7, 11) is 0. The monoisotopic (exact) mass is 480 g/mol. The summed E-state index contributed by atoms with van der Waals surface area (Å²) in [5.74, 6) is 0.457. The van der Waals surface area contributed by atoms with Crippen LogP contribution in [0.3, 0.4) is 0 Å². The zero-order chi connectivity index (χ0) is 18.9. The molecule has 26 heavy (non-hydrogen) atoms. The van der Waals surface area contributed by atoms with Gasteiger partial charge in [0.25, 0.3) is 0 Å². The Hall–Kier alpha value is 0.160. The molecule has 0 spiro atoms. The lowest BCUT2D eigenvalue weighted by atomic mass is 10.0. The molecule has 1 atom stereocenters. The summed E-state index contributed by atoms with van der Waals surface area (Å²) in [6, 6.07) is 0. The average molecular weight is 480 g/mol. The molecule has 1 fully saturated rings. The van der Waals surface area contributed by atoms with E-state index in [9.17, 15) is 4.79 Å². The summed E-state index contributed by atoms with van der Waals surface area (Å²) < 4.78 is 11.0. The van der Waals surface area contributed by atoms with Crippen LogP contribution in [0.5, 0.6) is 0 Å². The van der Waals surface area contributed by atoms with Crippen LogP contribution in [0.2, 0.25) is 0 Å². The largest absolute Gasteiger partial charge is 0.451 e. The molecule has 0 amide bonds. The molecule has 0 aromatic carbocycles. The fourth-order valence-electron chi connectivity index (χ4n) is 3.55. The Morgan fingerprint density at radius 1 is 0.885 bits per heavy atom. The molecule has 0 bridgehead atoms. The lowest BCUT2D eigenvalue weighted by molar-refractivity contribution is -0.147. The fraction of sp³-hybridized carbons (Fsp3) is 0.955. The minimum absolute atomic E-state index is 0.0148. The van der Waals surface area contributed by atoms with Gasteiger partial charge in [0, 0.05) is 25.6 Å². The highest BCUT2D eigenvalue weighted by atomic mass is 127. The zero-order valence-electron chi connectivity index (χ0n) is 17.0. The summed E-state index contributed by atoms with van der Waals surface area (Å²) in [4.78, 5) is 11.9. The Kier molecular flexibility index (Phi) is 16.1. The molecule has 0 saturated carbocycles. The number of carbonyl (C=O) groups excluding carboxylic acids is 1. The molecule has 0 aromatic rings. The highest BCUT2D eigenvalue weighted by Crippen LogP contribution is 2.26. The molecule has 0 N–H and O–H groups in total. The maximum Gasteiger partial charge on any atom is 0.306 e. The van der Waals surface area contributed by atoms with Gasteiger partial charge in [-0.3, -0.25) is 4.79 Å². The van der Waals surface area contributed by atoms with E-state index >= 15 is 0 Å². The van der Waals surface area contributed by atoms with Crippen LogP contribution in [0, 0.1) is 5.92 Å². The van der Waals surface area contributed by atoms with Crippen LogP contribution in [0.1, 0.15) is 110 Å². The lowest BCUT2D eigenvalue weighted by Gasteiger charge is -2.26. The molecule has 0 radical (unpaired) electrons. The smallest absolute Gasteiger partial charge is 0.306 e. The third-order valence-electron chi connectivity index (χ3n) is 5.37. The van der Waals surface area contributed by atoms with Crippen molar-refractivity contribution in [3.05, 3.63) is 0 Å². The quantitative estimate of drug-likeness (QED) is 0.101. The average Bonchev–Trinajstić information content (AvgIpc) is 2.66. The molecule has 1 aliphatic rings. The first kappa shape index (κ1) is 24.2. The maximum absolute atomic E-state index is 11.9. The van der Waals surface area contributed by atoms with E-state index in [2.05, 4.69) is 29.5 Å². The van der Waals surface area contributed by atoms with Gasteiger partial charge in [0.2, 0.25) is 0 Å². The molecular formula is C22H41IO3. The number of ether oxygens (including phenoxy) is 2. The van der Waals surface area contributed by atoms with Gasteiger partial charge < -0.3 is 9.47 Å². The summed E-state index contributed by atoms with van der Waals surface area (Å²) in [6.07, 6.45) is 19.9. The Morgan fingerprint density at radius 2 is 1.35 bits per heavy atom. The van der Waals surface area contributed by atoms with Gasteiger partial charge in [-0.25, -0.2) is 0 Å². The summed E-state index contributed by atoms with van der Waals surface area (Å²) >= 11 is 2.28. The van der Waals surface area contributed by atoms with Crippen LogP contribution in [-0.2, 0) is 14.3 Å². The molecule has 4 heteroatoms. The van der Waals surface area contributed by atoms with E-state index in [0.717, 1.165) is 38.9 Å². The number of esters is 1. The van der Waals surface area contributed by atoms with Crippen molar-refractivity contribution < 1.29 is 14.3 Å². The maximum atomic E-state index is 11.9. The van der Waals surface area contributed by atoms with Gasteiger partial charge in [-0.05, 0) is 41.9 Å². The van der Waals surface area contributed by atoms with Crippen molar-refractivity contribution >= 4 is 28.6 Å². The van der Waals surface area contributed by atoms with Crippen molar-refractivity contribution in [1.82, 2.24) is 0 Å². The van der Waals surface area contributed by atoms with E-state index in [1.807, 2.05) is 0 Å². The molecule has 3 nitrogen and oxygen atoms in total. The van der Waals surface area contributed by atoms with Gasteiger partial charge in [0.1, 0.15) is 0 Å². The van der Waals surface area contributed by atoms with Crippen molar-refractivity contribution in [2.24, 2.45) is 5.92 Å². The van der Waals surface area contributed by atoms with Gasteiger partial charge in [0.05, 0.1) is 0 Å². The molecule has 1 heterocycles. The molecule has 1 rings (SSSR count). The van der Waals surface area contributed by atoms with E-state index in [1.54, 1.807) is 0 Å². The van der Waals surface area contributed by atoms with Crippen LogP contribution < -0.4 is 0 Å². The number of hydrogen-bond donors (Lipinski definition) is 0. The number of halogens is 1. The zero-order valence-corrected chi connectivity index (χ0v) is 19.1. The van der Waals surface area contributed by atoms with Crippen LogP contribution in [0.25, 0.3) is 0 Å². The van der Waals surface area contributed by atoms with Crippen molar-refractivity contribution in [2.75, 3.05) is 13.2 Å². The standard InChI is InChI=1S/C22H41IO3/c1-2-3-4-5-6-7-8-9-10-11-12-13-14-15-21(24)26-22(23)20-16-18-25-19-17-20/h20,22H,2-19H2,1H3. The van der Waals surface area contributed by atoms with E-state index in [1.165, 1.54) is 70.6 Å².